The van der Waals surface area contributed by atoms with E-state index in [4.69, 9.17) is 9.40 Å². The first-order chi connectivity index (χ1) is 17.7. The Balaban J connectivity index is 1.35. The summed E-state index contributed by atoms with van der Waals surface area (Å²) >= 11 is 1.40. The van der Waals surface area contributed by atoms with Crippen molar-refractivity contribution in [3.8, 4) is 11.3 Å². The first-order valence-electron chi connectivity index (χ1n) is 11.5. The molecule has 7 heteroatoms. The van der Waals surface area contributed by atoms with Gasteiger partial charge in [0.2, 0.25) is 5.13 Å². The maximum absolute atomic E-state index is 5.92. The van der Waals surface area contributed by atoms with Gasteiger partial charge >= 0.3 is 0 Å². The summed E-state index contributed by atoms with van der Waals surface area (Å²) in [6, 6.07) is 34.1. The highest BCUT2D eigenvalue weighted by Gasteiger charge is 2.14. The number of hydrogen-bond acceptors (Lipinski definition) is 7. The summed E-state index contributed by atoms with van der Waals surface area (Å²) in [7, 11) is 0. The SMILES string of the molecule is C/C(=N\Nc1nc(-c2ccc3ccccc3c2)c(N=Nc2ccccc2)s1)c1cc2ccccc2o1. The maximum Gasteiger partial charge on any atom is 0.206 e. The lowest BCUT2D eigenvalue weighted by Gasteiger charge is -2.02. The minimum atomic E-state index is 0.621. The van der Waals surface area contributed by atoms with E-state index in [1.165, 1.54) is 16.7 Å². The van der Waals surface area contributed by atoms with Crippen molar-refractivity contribution in [1.82, 2.24) is 4.98 Å². The fourth-order valence-electron chi connectivity index (χ4n) is 3.90. The number of hydrazone groups is 1. The number of rotatable bonds is 6. The molecule has 1 N–H and O–H groups in total. The van der Waals surface area contributed by atoms with Crippen LogP contribution in [0.3, 0.4) is 0 Å². The summed E-state index contributed by atoms with van der Waals surface area (Å²) < 4.78 is 5.92. The summed E-state index contributed by atoms with van der Waals surface area (Å²) in [6.07, 6.45) is 0. The smallest absolute Gasteiger partial charge is 0.206 e. The van der Waals surface area contributed by atoms with E-state index in [-0.39, 0.29) is 0 Å². The van der Waals surface area contributed by atoms with Crippen LogP contribution >= 0.6 is 11.3 Å². The second-order valence-electron chi connectivity index (χ2n) is 8.23. The first kappa shape index (κ1) is 21.9. The van der Waals surface area contributed by atoms with Crippen LogP contribution in [0.1, 0.15) is 12.7 Å². The van der Waals surface area contributed by atoms with Crippen LogP contribution in [0.25, 0.3) is 33.0 Å². The number of nitrogens with one attached hydrogen (secondary N) is 1. The second-order valence-corrected chi connectivity index (χ2v) is 9.21. The molecular formula is C29H21N5OS. The minimum absolute atomic E-state index is 0.621. The third-order valence-corrected chi connectivity index (χ3v) is 6.59. The zero-order chi connectivity index (χ0) is 24.3. The van der Waals surface area contributed by atoms with Crippen molar-refractivity contribution in [2.75, 3.05) is 5.43 Å². The monoisotopic (exact) mass is 487 g/mol. The standard InChI is InChI=1S/C29H21N5OS/c1-19(26-18-22-11-7-8-14-25(22)35-26)31-34-29-30-27(23-16-15-20-9-5-6-10-21(20)17-23)28(36-29)33-32-24-12-3-2-4-13-24/h2-18H,1H3,(H,30,34)/b31-19+,33-32?. The molecule has 0 amide bonds. The second kappa shape index (κ2) is 9.56. The van der Waals surface area contributed by atoms with Gasteiger partial charge in [0.25, 0.3) is 0 Å². The molecule has 2 heterocycles. The molecule has 0 aliphatic rings. The predicted molar refractivity (Wildman–Crippen MR) is 148 cm³/mol. The van der Waals surface area contributed by atoms with E-state index in [1.807, 2.05) is 79.7 Å². The number of hydrogen-bond donors (Lipinski definition) is 1. The van der Waals surface area contributed by atoms with Crippen molar-refractivity contribution in [2.24, 2.45) is 15.3 Å². The van der Waals surface area contributed by atoms with Gasteiger partial charge in [0, 0.05) is 10.9 Å². The van der Waals surface area contributed by atoms with Crippen LogP contribution in [0, 0.1) is 0 Å². The number of anilines is 1. The van der Waals surface area contributed by atoms with Crippen molar-refractivity contribution in [3.63, 3.8) is 0 Å². The lowest BCUT2D eigenvalue weighted by Crippen LogP contribution is -1.97. The first-order valence-corrected chi connectivity index (χ1v) is 12.3. The molecule has 0 bridgehead atoms. The maximum atomic E-state index is 5.92. The van der Waals surface area contributed by atoms with Crippen molar-refractivity contribution in [3.05, 3.63) is 109 Å². The van der Waals surface area contributed by atoms with Crippen molar-refractivity contribution in [2.45, 2.75) is 6.92 Å². The Morgan fingerprint density at radius 1 is 0.778 bits per heavy atom. The van der Waals surface area contributed by atoms with E-state index < -0.39 is 0 Å². The fraction of sp³-hybridized carbons (Fsp3) is 0.0345. The Bertz CT molecular complexity index is 1700. The molecule has 2 aromatic heterocycles. The lowest BCUT2D eigenvalue weighted by atomic mass is 10.1. The van der Waals surface area contributed by atoms with Gasteiger partial charge in [0.1, 0.15) is 17.0 Å². The van der Waals surface area contributed by atoms with Crippen molar-refractivity contribution in [1.29, 1.82) is 0 Å². The van der Waals surface area contributed by atoms with E-state index in [9.17, 15) is 0 Å². The molecule has 0 saturated heterocycles. The van der Waals surface area contributed by atoms with Crippen LogP contribution in [0.2, 0.25) is 0 Å². The van der Waals surface area contributed by atoms with Crippen LogP contribution in [0.4, 0.5) is 15.8 Å². The van der Waals surface area contributed by atoms with E-state index >= 15 is 0 Å². The Morgan fingerprint density at radius 2 is 1.53 bits per heavy atom. The number of thiazole rings is 1. The van der Waals surface area contributed by atoms with E-state index in [1.54, 1.807) is 0 Å². The van der Waals surface area contributed by atoms with Crippen LogP contribution in [0.15, 0.2) is 123 Å². The highest BCUT2D eigenvalue weighted by molar-refractivity contribution is 7.19. The Labute approximate surface area is 211 Å². The zero-order valence-corrected chi connectivity index (χ0v) is 20.2. The molecular weight excluding hydrogens is 466 g/mol. The van der Waals surface area contributed by atoms with Gasteiger partial charge in [0.15, 0.2) is 10.8 Å². The molecule has 0 unspecified atom stereocenters. The van der Waals surface area contributed by atoms with Crippen molar-refractivity contribution >= 4 is 54.6 Å². The molecule has 6 rings (SSSR count). The van der Waals surface area contributed by atoms with E-state index in [2.05, 4.69) is 51.1 Å². The number of nitrogens with zero attached hydrogens (tertiary/aromatic N) is 4. The lowest BCUT2D eigenvalue weighted by molar-refractivity contribution is 0.604. The van der Waals surface area contributed by atoms with Crippen LogP contribution in [0.5, 0.6) is 0 Å². The van der Waals surface area contributed by atoms with Gasteiger partial charge in [-0.3, -0.25) is 5.43 Å². The van der Waals surface area contributed by atoms with E-state index in [0.717, 1.165) is 39.0 Å². The molecule has 0 aliphatic heterocycles. The molecule has 6 aromatic rings. The third-order valence-electron chi connectivity index (χ3n) is 5.75. The third kappa shape index (κ3) is 4.52. The molecule has 0 spiro atoms. The summed E-state index contributed by atoms with van der Waals surface area (Å²) in [5, 5.41) is 18.2. The largest absolute Gasteiger partial charge is 0.455 e. The summed E-state index contributed by atoms with van der Waals surface area (Å²) in [5.41, 5.74) is 7.15. The molecule has 4 aromatic carbocycles. The summed E-state index contributed by atoms with van der Waals surface area (Å²) in [5.74, 6) is 0.707. The van der Waals surface area contributed by atoms with Gasteiger partial charge in [-0.25, -0.2) is 4.98 Å². The molecule has 0 fully saturated rings. The number of azo groups is 1. The highest BCUT2D eigenvalue weighted by atomic mass is 32.1. The predicted octanol–water partition coefficient (Wildman–Crippen LogP) is 8.96. The molecule has 0 atom stereocenters. The van der Waals surface area contributed by atoms with Gasteiger partial charge in [-0.15, -0.1) is 10.2 Å². The van der Waals surface area contributed by atoms with Gasteiger partial charge < -0.3 is 4.42 Å². The Hall–Kier alpha value is -4.62. The van der Waals surface area contributed by atoms with Gasteiger partial charge in [-0.2, -0.15) is 5.10 Å². The Kier molecular flexibility index (Phi) is 5.81. The Morgan fingerprint density at radius 3 is 2.36 bits per heavy atom. The van der Waals surface area contributed by atoms with Crippen molar-refractivity contribution < 1.29 is 4.42 Å². The molecule has 0 aliphatic carbocycles. The number of para-hydroxylation sites is 1. The summed E-state index contributed by atoms with van der Waals surface area (Å²) in [6.45, 7) is 1.90. The molecule has 36 heavy (non-hydrogen) atoms. The number of aromatic nitrogens is 1. The van der Waals surface area contributed by atoms with Crippen LogP contribution in [-0.4, -0.2) is 10.7 Å². The van der Waals surface area contributed by atoms with Gasteiger partial charge in [-0.1, -0.05) is 84.1 Å². The summed E-state index contributed by atoms with van der Waals surface area (Å²) in [4.78, 5) is 4.82. The number of benzene rings is 4. The van der Waals surface area contributed by atoms with Gasteiger partial charge in [0.05, 0.1) is 5.69 Å². The highest BCUT2D eigenvalue weighted by Crippen LogP contribution is 2.40. The molecule has 6 nitrogen and oxygen atoms in total. The average Bonchev–Trinajstić information content (AvgIpc) is 3.55. The fourth-order valence-corrected chi connectivity index (χ4v) is 4.65. The van der Waals surface area contributed by atoms with E-state index in [0.29, 0.717) is 15.9 Å². The minimum Gasteiger partial charge on any atom is -0.455 e. The zero-order valence-electron chi connectivity index (χ0n) is 19.4. The molecule has 0 saturated carbocycles. The normalized spacial score (nSPS) is 12.1. The topological polar surface area (TPSA) is 75.1 Å². The number of furan rings is 1. The quantitative estimate of drug-likeness (QED) is 0.145. The van der Waals surface area contributed by atoms with Crippen LogP contribution < -0.4 is 5.43 Å². The number of fused-ring (bicyclic) bond motifs is 2. The van der Waals surface area contributed by atoms with Crippen LogP contribution in [-0.2, 0) is 0 Å². The molecule has 0 radical (unpaired) electrons. The average molecular weight is 488 g/mol. The van der Waals surface area contributed by atoms with Gasteiger partial charge in [-0.05, 0) is 48.0 Å². The molecule has 174 valence electrons.